The minimum absolute atomic E-state index is 0.156. The van der Waals surface area contributed by atoms with Crippen LogP contribution in [0.15, 0.2) is 67.0 Å². The maximum atomic E-state index is 14.4. The third-order valence-corrected chi connectivity index (χ3v) is 6.33. The van der Waals surface area contributed by atoms with Crippen molar-refractivity contribution in [2.45, 2.75) is 6.92 Å². The summed E-state index contributed by atoms with van der Waals surface area (Å²) in [4.78, 5) is 11.2. The van der Waals surface area contributed by atoms with E-state index in [9.17, 15) is 8.78 Å². The molecule has 1 aliphatic rings. The number of hydrogen-bond acceptors (Lipinski definition) is 4. The molecule has 0 amide bonds. The average Bonchev–Trinajstić information content (AvgIpc) is 3.28. The Morgan fingerprint density at radius 1 is 0.912 bits per heavy atom. The molecule has 0 bridgehead atoms. The van der Waals surface area contributed by atoms with Crippen LogP contribution in [0.2, 0.25) is 0 Å². The van der Waals surface area contributed by atoms with Crippen LogP contribution in [0.5, 0.6) is 0 Å². The molecule has 5 aromatic rings. The lowest BCUT2D eigenvalue weighted by molar-refractivity contribution is 0.122. The second-order valence-electron chi connectivity index (χ2n) is 8.53. The van der Waals surface area contributed by atoms with E-state index in [0.717, 1.165) is 54.8 Å². The van der Waals surface area contributed by atoms with E-state index in [1.165, 1.54) is 11.8 Å². The fraction of sp³-hybridized carbons (Fsp3) is 0.185. The molecule has 0 N–H and O–H groups in total. The quantitative estimate of drug-likeness (QED) is 0.352. The Morgan fingerprint density at radius 3 is 2.50 bits per heavy atom. The van der Waals surface area contributed by atoms with Crippen molar-refractivity contribution in [2.24, 2.45) is 0 Å². The molecule has 0 unspecified atom stereocenters. The van der Waals surface area contributed by atoms with Crippen molar-refractivity contribution in [3.8, 4) is 22.4 Å². The van der Waals surface area contributed by atoms with Crippen LogP contribution in [0.1, 0.15) is 5.69 Å². The lowest BCUT2D eigenvalue weighted by Crippen LogP contribution is -2.36. The summed E-state index contributed by atoms with van der Waals surface area (Å²) >= 11 is 0. The predicted molar refractivity (Wildman–Crippen MR) is 129 cm³/mol. The summed E-state index contributed by atoms with van der Waals surface area (Å²) in [5.41, 5.74) is 6.34. The van der Waals surface area contributed by atoms with Crippen LogP contribution in [0.4, 0.5) is 14.5 Å². The van der Waals surface area contributed by atoms with E-state index in [0.29, 0.717) is 16.6 Å². The van der Waals surface area contributed by atoms with Gasteiger partial charge >= 0.3 is 0 Å². The fourth-order valence-electron chi connectivity index (χ4n) is 4.64. The van der Waals surface area contributed by atoms with Gasteiger partial charge in [0.15, 0.2) is 5.82 Å². The number of ether oxygens (including phenoxy) is 1. The molecule has 1 saturated heterocycles. The van der Waals surface area contributed by atoms with Gasteiger partial charge in [-0.1, -0.05) is 12.1 Å². The van der Waals surface area contributed by atoms with Crippen molar-refractivity contribution in [3.63, 3.8) is 0 Å². The third kappa shape index (κ3) is 3.58. The molecule has 0 saturated carbocycles. The van der Waals surface area contributed by atoms with Gasteiger partial charge in [0.2, 0.25) is 0 Å². The van der Waals surface area contributed by atoms with Crippen molar-refractivity contribution in [1.29, 1.82) is 0 Å². The topological polar surface area (TPSA) is 42.7 Å². The van der Waals surface area contributed by atoms with Gasteiger partial charge < -0.3 is 9.64 Å². The molecular weight excluding hydrogens is 434 g/mol. The van der Waals surface area contributed by atoms with E-state index >= 15 is 0 Å². The number of nitrogens with zero attached hydrogens (tertiary/aromatic N) is 4. The summed E-state index contributed by atoms with van der Waals surface area (Å²) in [5, 5.41) is 0.424. The number of halogens is 2. The first-order valence-electron chi connectivity index (χ1n) is 11.2. The number of aromatic nitrogens is 3. The number of anilines is 1. The van der Waals surface area contributed by atoms with Crippen LogP contribution in [0.25, 0.3) is 38.9 Å². The summed E-state index contributed by atoms with van der Waals surface area (Å²) in [7, 11) is 0. The standard InChI is InChI=1S/C27H22F2N4O/c1-17-12-22(23-14-20(28)15-24(29)27(23)31-17)25-16-30-26-13-19(6-7-33(25)26)18-2-4-21(5-3-18)32-8-10-34-11-9-32/h2-7,12-16H,8-11H2,1H3. The van der Waals surface area contributed by atoms with Gasteiger partial charge in [0.1, 0.15) is 17.0 Å². The first kappa shape index (κ1) is 20.7. The molecule has 2 aromatic carbocycles. The van der Waals surface area contributed by atoms with E-state index in [2.05, 4.69) is 39.1 Å². The van der Waals surface area contributed by atoms with Crippen LogP contribution < -0.4 is 4.90 Å². The molecule has 0 atom stereocenters. The number of rotatable bonds is 3. The molecule has 0 aliphatic carbocycles. The summed E-state index contributed by atoms with van der Waals surface area (Å²) in [6.45, 7) is 5.12. The molecule has 4 heterocycles. The van der Waals surface area contributed by atoms with Gasteiger partial charge in [0.25, 0.3) is 0 Å². The number of morpholine rings is 1. The van der Waals surface area contributed by atoms with Gasteiger partial charge in [-0.2, -0.15) is 0 Å². The zero-order valence-corrected chi connectivity index (χ0v) is 18.6. The molecule has 0 spiro atoms. The minimum atomic E-state index is -0.670. The van der Waals surface area contributed by atoms with Crippen LogP contribution in [-0.4, -0.2) is 40.7 Å². The number of pyridine rings is 2. The zero-order valence-electron chi connectivity index (χ0n) is 18.6. The van der Waals surface area contributed by atoms with Crippen LogP contribution in [0.3, 0.4) is 0 Å². The van der Waals surface area contributed by atoms with Crippen molar-refractivity contribution >= 4 is 22.2 Å². The molecule has 3 aromatic heterocycles. The molecule has 170 valence electrons. The molecule has 6 rings (SSSR count). The number of aryl methyl sites for hydroxylation is 1. The van der Waals surface area contributed by atoms with E-state index in [1.54, 1.807) is 13.1 Å². The van der Waals surface area contributed by atoms with Crippen molar-refractivity contribution in [1.82, 2.24) is 14.4 Å². The monoisotopic (exact) mass is 456 g/mol. The van der Waals surface area contributed by atoms with E-state index in [1.807, 2.05) is 28.8 Å². The maximum Gasteiger partial charge on any atom is 0.152 e. The fourth-order valence-corrected chi connectivity index (χ4v) is 4.64. The Labute approximate surface area is 195 Å². The lowest BCUT2D eigenvalue weighted by Gasteiger charge is -2.28. The van der Waals surface area contributed by atoms with Gasteiger partial charge in [-0.3, -0.25) is 4.40 Å². The van der Waals surface area contributed by atoms with E-state index in [4.69, 9.17) is 4.74 Å². The summed E-state index contributed by atoms with van der Waals surface area (Å²) in [5.74, 6) is -1.30. The second-order valence-corrected chi connectivity index (χ2v) is 8.53. The molecule has 1 aliphatic heterocycles. The summed E-state index contributed by atoms with van der Waals surface area (Å²) < 4.78 is 35.8. The smallest absolute Gasteiger partial charge is 0.152 e. The molecule has 7 heteroatoms. The Kier molecular flexibility index (Phi) is 4.99. The molecule has 5 nitrogen and oxygen atoms in total. The molecular formula is C27H22F2N4O. The highest BCUT2D eigenvalue weighted by Crippen LogP contribution is 2.32. The van der Waals surface area contributed by atoms with Crippen molar-refractivity contribution in [3.05, 3.63) is 84.3 Å². The number of hydrogen-bond donors (Lipinski definition) is 0. The second kappa shape index (κ2) is 8.18. The van der Waals surface area contributed by atoms with Crippen LogP contribution in [0, 0.1) is 18.6 Å². The van der Waals surface area contributed by atoms with Gasteiger partial charge in [-0.25, -0.2) is 18.7 Å². The summed E-state index contributed by atoms with van der Waals surface area (Å²) in [6, 6.07) is 16.6. The Bertz CT molecular complexity index is 1520. The van der Waals surface area contributed by atoms with Gasteiger partial charge in [-0.15, -0.1) is 0 Å². The minimum Gasteiger partial charge on any atom is -0.378 e. The predicted octanol–water partition coefficient (Wildman–Crippen LogP) is 5.64. The number of fused-ring (bicyclic) bond motifs is 2. The molecule has 1 fully saturated rings. The van der Waals surface area contributed by atoms with Gasteiger partial charge in [-0.05, 0) is 54.4 Å². The first-order chi connectivity index (χ1) is 16.6. The van der Waals surface area contributed by atoms with Gasteiger partial charge in [0, 0.05) is 47.7 Å². The third-order valence-electron chi connectivity index (χ3n) is 6.33. The lowest BCUT2D eigenvalue weighted by atomic mass is 10.0. The average molecular weight is 456 g/mol. The van der Waals surface area contributed by atoms with Crippen LogP contribution in [-0.2, 0) is 4.74 Å². The van der Waals surface area contributed by atoms with Crippen LogP contribution >= 0.6 is 0 Å². The first-order valence-corrected chi connectivity index (χ1v) is 11.2. The largest absolute Gasteiger partial charge is 0.378 e. The highest BCUT2D eigenvalue weighted by molar-refractivity contribution is 5.94. The highest BCUT2D eigenvalue weighted by atomic mass is 19.1. The Hall–Kier alpha value is -3.84. The summed E-state index contributed by atoms with van der Waals surface area (Å²) in [6.07, 6.45) is 3.68. The highest BCUT2D eigenvalue weighted by Gasteiger charge is 2.16. The normalized spacial score (nSPS) is 14.3. The number of imidazole rings is 1. The van der Waals surface area contributed by atoms with Crippen molar-refractivity contribution in [2.75, 3.05) is 31.2 Å². The van der Waals surface area contributed by atoms with Crippen molar-refractivity contribution < 1.29 is 13.5 Å². The SMILES string of the molecule is Cc1cc(-c2cnc3cc(-c4ccc(N5CCOCC5)cc4)ccn23)c2cc(F)cc(F)c2n1. The van der Waals surface area contributed by atoms with E-state index in [-0.39, 0.29) is 5.52 Å². The number of benzene rings is 2. The van der Waals surface area contributed by atoms with E-state index < -0.39 is 11.6 Å². The Morgan fingerprint density at radius 2 is 1.71 bits per heavy atom. The van der Waals surface area contributed by atoms with Gasteiger partial charge in [0.05, 0.1) is 25.1 Å². The zero-order chi connectivity index (χ0) is 23.2. The maximum absolute atomic E-state index is 14.4. The molecule has 34 heavy (non-hydrogen) atoms. The molecule has 0 radical (unpaired) electrons. The Balaban J connectivity index is 1.39.